The van der Waals surface area contributed by atoms with E-state index in [9.17, 15) is 9.18 Å². The van der Waals surface area contributed by atoms with Crippen molar-refractivity contribution >= 4 is 5.97 Å². The van der Waals surface area contributed by atoms with Crippen LogP contribution in [0.3, 0.4) is 0 Å². The van der Waals surface area contributed by atoms with Gasteiger partial charge < -0.3 is 10.8 Å². The topological polar surface area (TPSA) is 63.3 Å². The van der Waals surface area contributed by atoms with Crippen LogP contribution in [-0.4, -0.2) is 16.6 Å². The van der Waals surface area contributed by atoms with Crippen LogP contribution in [0.4, 0.5) is 4.39 Å². The van der Waals surface area contributed by atoms with Crippen LogP contribution in [-0.2, 0) is 10.2 Å². The molecule has 0 saturated heterocycles. The quantitative estimate of drug-likeness (QED) is 0.848. The highest BCUT2D eigenvalue weighted by molar-refractivity contribution is 5.69. The summed E-state index contributed by atoms with van der Waals surface area (Å²) < 4.78 is 13.0. The van der Waals surface area contributed by atoms with E-state index in [1.165, 1.54) is 12.1 Å². The molecule has 0 aliphatic heterocycles. The Morgan fingerprint density at radius 3 is 2.17 bits per heavy atom. The lowest BCUT2D eigenvalue weighted by molar-refractivity contribution is -0.139. The summed E-state index contributed by atoms with van der Waals surface area (Å²) in [4.78, 5) is 11.1. The van der Waals surface area contributed by atoms with Gasteiger partial charge in [-0.25, -0.2) is 4.39 Å². The molecule has 1 aromatic rings. The molecule has 3 N–H and O–H groups in total. The van der Waals surface area contributed by atoms with Crippen molar-refractivity contribution in [2.45, 2.75) is 44.6 Å². The van der Waals surface area contributed by atoms with E-state index in [0.717, 1.165) is 5.56 Å². The minimum Gasteiger partial charge on any atom is -0.481 e. The highest BCUT2D eigenvalue weighted by Crippen LogP contribution is 2.40. The fourth-order valence-electron chi connectivity index (χ4n) is 2.51. The third-order valence-corrected chi connectivity index (χ3v) is 3.69. The van der Waals surface area contributed by atoms with Crippen LogP contribution >= 0.6 is 0 Å². The van der Waals surface area contributed by atoms with Crippen molar-refractivity contribution in [1.29, 1.82) is 0 Å². The molecular weight excluding hydrogens is 233 g/mol. The number of carbonyl (C=O) groups is 1. The molecule has 0 aliphatic carbocycles. The largest absolute Gasteiger partial charge is 0.481 e. The molecule has 0 amide bonds. The third kappa shape index (κ3) is 2.70. The molecule has 0 saturated carbocycles. The molecule has 0 bridgehead atoms. The predicted octanol–water partition coefficient (Wildman–Crippen LogP) is 2.69. The van der Waals surface area contributed by atoms with Crippen LogP contribution in [0.25, 0.3) is 0 Å². The van der Waals surface area contributed by atoms with E-state index in [4.69, 9.17) is 10.8 Å². The maximum absolute atomic E-state index is 13.0. The zero-order valence-corrected chi connectivity index (χ0v) is 11.0. The first kappa shape index (κ1) is 14.6. The lowest BCUT2D eigenvalue weighted by atomic mass is 9.63. The third-order valence-electron chi connectivity index (χ3n) is 3.69. The fourth-order valence-corrected chi connectivity index (χ4v) is 2.51. The minimum atomic E-state index is -0.903. The first-order valence-electron chi connectivity index (χ1n) is 5.99. The van der Waals surface area contributed by atoms with Gasteiger partial charge in [-0.15, -0.1) is 0 Å². The van der Waals surface area contributed by atoms with Crippen LogP contribution in [0.2, 0.25) is 0 Å². The summed E-state index contributed by atoms with van der Waals surface area (Å²) in [5.41, 5.74) is 5.54. The number of benzene rings is 1. The number of carboxylic acid groups (broad SMARTS) is 1. The average Bonchev–Trinajstić information content (AvgIpc) is 2.25. The molecule has 0 aliphatic rings. The molecule has 1 rings (SSSR count). The van der Waals surface area contributed by atoms with Crippen molar-refractivity contribution in [2.75, 3.05) is 0 Å². The number of carboxylic acids is 1. The molecule has 0 spiro atoms. The summed E-state index contributed by atoms with van der Waals surface area (Å²) in [6.45, 7) is 5.52. The molecule has 100 valence electrons. The lowest BCUT2D eigenvalue weighted by Gasteiger charge is -2.43. The van der Waals surface area contributed by atoms with Crippen molar-refractivity contribution in [3.63, 3.8) is 0 Å². The molecule has 1 aromatic carbocycles. The van der Waals surface area contributed by atoms with Crippen molar-refractivity contribution in [3.8, 4) is 0 Å². The minimum absolute atomic E-state index is 0.0708. The molecule has 0 fully saturated rings. The molecule has 4 heteroatoms. The predicted molar refractivity (Wildman–Crippen MR) is 68.9 cm³/mol. The summed E-state index contributed by atoms with van der Waals surface area (Å²) in [6.07, 6.45) is 0.507. The Morgan fingerprint density at radius 1 is 1.33 bits per heavy atom. The van der Waals surface area contributed by atoms with Gasteiger partial charge in [0.1, 0.15) is 5.82 Å². The van der Waals surface area contributed by atoms with Gasteiger partial charge in [0, 0.05) is 11.0 Å². The van der Waals surface area contributed by atoms with Gasteiger partial charge in [-0.05, 0) is 38.0 Å². The van der Waals surface area contributed by atoms with Crippen molar-refractivity contribution in [2.24, 2.45) is 5.73 Å². The van der Waals surface area contributed by atoms with Crippen LogP contribution in [0.15, 0.2) is 24.3 Å². The second-order valence-corrected chi connectivity index (χ2v) is 5.23. The number of hydrogen-bond donors (Lipinski definition) is 2. The molecule has 0 radical (unpaired) electrons. The van der Waals surface area contributed by atoms with E-state index in [-0.39, 0.29) is 12.2 Å². The Morgan fingerprint density at radius 2 is 1.83 bits per heavy atom. The van der Waals surface area contributed by atoms with Crippen LogP contribution in [0.1, 0.15) is 39.2 Å². The second kappa shape index (κ2) is 5.06. The van der Waals surface area contributed by atoms with E-state index in [0.29, 0.717) is 6.42 Å². The van der Waals surface area contributed by atoms with Crippen LogP contribution in [0, 0.1) is 5.82 Å². The molecule has 18 heavy (non-hydrogen) atoms. The highest BCUT2D eigenvalue weighted by Gasteiger charge is 2.44. The van der Waals surface area contributed by atoms with Gasteiger partial charge >= 0.3 is 5.97 Å². The molecular formula is C14H20FNO2. The van der Waals surface area contributed by atoms with Crippen LogP contribution < -0.4 is 5.73 Å². The SMILES string of the molecule is CCC(CC(=O)O)(c1ccc(F)cc1)C(C)(C)N. The van der Waals surface area contributed by atoms with Crippen molar-refractivity contribution < 1.29 is 14.3 Å². The second-order valence-electron chi connectivity index (χ2n) is 5.23. The Labute approximate surface area is 107 Å². The van der Waals surface area contributed by atoms with E-state index in [1.807, 2.05) is 20.8 Å². The molecule has 0 aromatic heterocycles. The van der Waals surface area contributed by atoms with Gasteiger partial charge in [-0.2, -0.15) is 0 Å². The number of hydrogen-bond acceptors (Lipinski definition) is 2. The average molecular weight is 253 g/mol. The molecule has 1 atom stereocenters. The van der Waals surface area contributed by atoms with Gasteiger partial charge in [-0.3, -0.25) is 4.79 Å². The summed E-state index contributed by atoms with van der Waals surface area (Å²) in [7, 11) is 0. The van der Waals surface area contributed by atoms with E-state index in [1.54, 1.807) is 12.1 Å². The van der Waals surface area contributed by atoms with Gasteiger partial charge in [-0.1, -0.05) is 19.1 Å². The standard InChI is InChI=1S/C14H20FNO2/c1-4-14(9-12(17)18,13(2,3)16)10-5-7-11(15)8-6-10/h5-8H,4,9,16H2,1-3H3,(H,17,18). The Bertz CT molecular complexity index is 422. The van der Waals surface area contributed by atoms with Gasteiger partial charge in [0.2, 0.25) is 0 Å². The number of rotatable bonds is 5. The first-order valence-corrected chi connectivity index (χ1v) is 5.99. The summed E-state index contributed by atoms with van der Waals surface area (Å²) in [5.74, 6) is -1.24. The first-order chi connectivity index (χ1) is 8.23. The monoisotopic (exact) mass is 253 g/mol. The molecule has 1 unspecified atom stereocenters. The van der Waals surface area contributed by atoms with Gasteiger partial charge in [0.05, 0.1) is 6.42 Å². The number of aliphatic carboxylic acids is 1. The number of halogens is 1. The smallest absolute Gasteiger partial charge is 0.304 e. The highest BCUT2D eigenvalue weighted by atomic mass is 19.1. The summed E-state index contributed by atoms with van der Waals surface area (Å²) in [5, 5.41) is 9.13. The molecule has 0 heterocycles. The summed E-state index contributed by atoms with van der Waals surface area (Å²) in [6, 6.07) is 5.92. The zero-order chi connectivity index (χ0) is 14.0. The maximum atomic E-state index is 13.0. The fraction of sp³-hybridized carbons (Fsp3) is 0.500. The van der Waals surface area contributed by atoms with Gasteiger partial charge in [0.25, 0.3) is 0 Å². The molecule has 3 nitrogen and oxygen atoms in total. The van der Waals surface area contributed by atoms with E-state index >= 15 is 0 Å². The number of nitrogens with two attached hydrogens (primary N) is 1. The van der Waals surface area contributed by atoms with Crippen LogP contribution in [0.5, 0.6) is 0 Å². The summed E-state index contributed by atoms with van der Waals surface area (Å²) >= 11 is 0. The van der Waals surface area contributed by atoms with Crippen molar-refractivity contribution in [3.05, 3.63) is 35.6 Å². The lowest BCUT2D eigenvalue weighted by Crippen LogP contribution is -2.54. The van der Waals surface area contributed by atoms with E-state index < -0.39 is 16.9 Å². The zero-order valence-electron chi connectivity index (χ0n) is 11.0. The Hall–Kier alpha value is -1.42. The van der Waals surface area contributed by atoms with Crippen molar-refractivity contribution in [1.82, 2.24) is 0 Å². The Kier molecular flexibility index (Phi) is 4.12. The normalized spacial score (nSPS) is 15.2. The maximum Gasteiger partial charge on any atom is 0.304 e. The van der Waals surface area contributed by atoms with E-state index in [2.05, 4.69) is 0 Å². The Balaban J connectivity index is 3.34. The van der Waals surface area contributed by atoms with Gasteiger partial charge in [0.15, 0.2) is 0 Å².